The van der Waals surface area contributed by atoms with Crippen molar-refractivity contribution in [2.75, 3.05) is 13.1 Å². The Bertz CT molecular complexity index is 173. The van der Waals surface area contributed by atoms with Crippen molar-refractivity contribution in [2.24, 2.45) is 5.92 Å². The summed E-state index contributed by atoms with van der Waals surface area (Å²) in [7, 11) is 0. The van der Waals surface area contributed by atoms with Gasteiger partial charge in [0.15, 0.2) is 5.11 Å². The highest BCUT2D eigenvalue weighted by Crippen LogP contribution is 2.02. The number of carbonyl (C=O) groups is 1. The number of hydrogen-bond acceptors (Lipinski definition) is 2. The van der Waals surface area contributed by atoms with Crippen LogP contribution in [0.1, 0.15) is 6.42 Å². The molecular weight excluding hydrogens is 164 g/mol. The number of aliphatic carboxylic acids is 1. The SMILES string of the molecule is O=C(O)CC1CNC(=S)NC1. The van der Waals surface area contributed by atoms with Crippen LogP contribution in [0.25, 0.3) is 0 Å². The minimum atomic E-state index is -0.758. The number of hydrogen-bond donors (Lipinski definition) is 3. The highest BCUT2D eigenvalue weighted by atomic mass is 32.1. The smallest absolute Gasteiger partial charge is 0.303 e. The lowest BCUT2D eigenvalue weighted by molar-refractivity contribution is -0.138. The lowest BCUT2D eigenvalue weighted by Crippen LogP contribution is -2.48. The summed E-state index contributed by atoms with van der Waals surface area (Å²) in [6, 6.07) is 0. The molecule has 4 nitrogen and oxygen atoms in total. The zero-order valence-corrected chi connectivity index (χ0v) is 6.78. The Labute approximate surface area is 70.0 Å². The van der Waals surface area contributed by atoms with Crippen LogP contribution in [0.3, 0.4) is 0 Å². The fourth-order valence-corrected chi connectivity index (χ4v) is 1.17. The van der Waals surface area contributed by atoms with Gasteiger partial charge in [0.2, 0.25) is 0 Å². The van der Waals surface area contributed by atoms with Gasteiger partial charge in [-0.1, -0.05) is 0 Å². The van der Waals surface area contributed by atoms with Gasteiger partial charge in [0, 0.05) is 19.0 Å². The average Bonchev–Trinajstić information content (AvgIpc) is 1.93. The van der Waals surface area contributed by atoms with Gasteiger partial charge < -0.3 is 15.7 Å². The first-order chi connectivity index (χ1) is 5.18. The fraction of sp³-hybridized carbons (Fsp3) is 0.667. The third-order valence-electron chi connectivity index (χ3n) is 1.57. The summed E-state index contributed by atoms with van der Waals surface area (Å²) in [4.78, 5) is 10.3. The van der Waals surface area contributed by atoms with Crippen LogP contribution in [-0.4, -0.2) is 29.3 Å². The van der Waals surface area contributed by atoms with Gasteiger partial charge in [-0.15, -0.1) is 0 Å². The molecule has 1 saturated heterocycles. The van der Waals surface area contributed by atoms with E-state index in [2.05, 4.69) is 10.6 Å². The van der Waals surface area contributed by atoms with E-state index in [0.717, 1.165) is 0 Å². The second-order valence-corrected chi connectivity index (χ2v) is 2.96. The molecule has 3 N–H and O–H groups in total. The lowest BCUT2D eigenvalue weighted by atomic mass is 10.1. The second kappa shape index (κ2) is 3.52. The number of carboxylic acid groups (broad SMARTS) is 1. The molecule has 1 aliphatic rings. The van der Waals surface area contributed by atoms with Crippen LogP contribution in [0.5, 0.6) is 0 Å². The first-order valence-corrected chi connectivity index (χ1v) is 3.83. The molecule has 1 fully saturated rings. The maximum atomic E-state index is 10.3. The summed E-state index contributed by atoms with van der Waals surface area (Å²) in [5, 5.41) is 14.8. The molecule has 0 unspecified atom stereocenters. The second-order valence-electron chi connectivity index (χ2n) is 2.55. The van der Waals surface area contributed by atoms with Gasteiger partial charge in [0.05, 0.1) is 6.42 Å². The number of carboxylic acids is 1. The van der Waals surface area contributed by atoms with Crippen molar-refractivity contribution < 1.29 is 9.90 Å². The molecule has 1 aliphatic heterocycles. The van der Waals surface area contributed by atoms with Crippen molar-refractivity contribution in [3.05, 3.63) is 0 Å². The summed E-state index contributed by atoms with van der Waals surface area (Å²) in [6.45, 7) is 1.33. The van der Waals surface area contributed by atoms with Crippen LogP contribution in [-0.2, 0) is 4.79 Å². The van der Waals surface area contributed by atoms with E-state index in [1.54, 1.807) is 0 Å². The molecule has 11 heavy (non-hydrogen) atoms. The Hall–Kier alpha value is -0.840. The van der Waals surface area contributed by atoms with Gasteiger partial charge in [-0.2, -0.15) is 0 Å². The van der Waals surface area contributed by atoms with Crippen LogP contribution >= 0.6 is 12.2 Å². The topological polar surface area (TPSA) is 61.4 Å². The van der Waals surface area contributed by atoms with Gasteiger partial charge in [-0.05, 0) is 12.2 Å². The largest absolute Gasteiger partial charge is 0.481 e. The predicted molar refractivity (Wildman–Crippen MR) is 44.3 cm³/mol. The normalized spacial score (nSPS) is 18.7. The first kappa shape index (κ1) is 8.26. The van der Waals surface area contributed by atoms with E-state index in [4.69, 9.17) is 17.3 Å². The lowest BCUT2D eigenvalue weighted by Gasteiger charge is -2.23. The third kappa shape index (κ3) is 2.71. The molecule has 0 aromatic rings. The summed E-state index contributed by atoms with van der Waals surface area (Å²) in [5.74, 6) is -0.606. The number of nitrogens with one attached hydrogen (secondary N) is 2. The Morgan fingerprint density at radius 1 is 1.64 bits per heavy atom. The van der Waals surface area contributed by atoms with Crippen LogP contribution in [0.4, 0.5) is 0 Å². The van der Waals surface area contributed by atoms with E-state index in [0.29, 0.717) is 18.2 Å². The van der Waals surface area contributed by atoms with E-state index in [9.17, 15) is 4.79 Å². The minimum Gasteiger partial charge on any atom is -0.481 e. The molecule has 0 amide bonds. The molecule has 0 aliphatic carbocycles. The highest BCUT2D eigenvalue weighted by molar-refractivity contribution is 7.80. The molecule has 1 rings (SSSR count). The maximum absolute atomic E-state index is 10.3. The van der Waals surface area contributed by atoms with E-state index >= 15 is 0 Å². The van der Waals surface area contributed by atoms with Crippen LogP contribution in [0.2, 0.25) is 0 Å². The van der Waals surface area contributed by atoms with Crippen molar-refractivity contribution in [1.82, 2.24) is 10.6 Å². The van der Waals surface area contributed by atoms with E-state index in [-0.39, 0.29) is 12.3 Å². The first-order valence-electron chi connectivity index (χ1n) is 3.42. The molecule has 0 atom stereocenters. The number of rotatable bonds is 2. The number of thiocarbonyl (C=S) groups is 1. The van der Waals surface area contributed by atoms with Gasteiger partial charge >= 0.3 is 5.97 Å². The van der Waals surface area contributed by atoms with Crippen molar-refractivity contribution in [2.45, 2.75) is 6.42 Å². The Kier molecular flexibility index (Phi) is 2.64. The molecule has 0 aromatic carbocycles. The highest BCUT2D eigenvalue weighted by Gasteiger charge is 2.17. The Morgan fingerprint density at radius 3 is 2.64 bits per heavy atom. The summed E-state index contributed by atoms with van der Waals surface area (Å²) in [5.41, 5.74) is 0. The summed E-state index contributed by atoms with van der Waals surface area (Å²) in [6.07, 6.45) is 0.197. The van der Waals surface area contributed by atoms with E-state index in [1.165, 1.54) is 0 Å². The minimum absolute atomic E-state index is 0.152. The molecule has 0 spiro atoms. The van der Waals surface area contributed by atoms with Gasteiger partial charge in [-0.25, -0.2) is 0 Å². The Morgan fingerprint density at radius 2 is 2.18 bits per heavy atom. The standard InChI is InChI=1S/C6H10N2O2S/c9-5(10)1-4-2-7-6(11)8-3-4/h4H,1-3H2,(H,9,10)(H2,7,8,11). The summed E-state index contributed by atoms with van der Waals surface area (Å²) < 4.78 is 0. The molecular formula is C6H10N2O2S. The van der Waals surface area contributed by atoms with E-state index in [1.807, 2.05) is 0 Å². The predicted octanol–water partition coefficient (Wildman–Crippen LogP) is -0.445. The van der Waals surface area contributed by atoms with Crippen molar-refractivity contribution in [1.29, 1.82) is 0 Å². The van der Waals surface area contributed by atoms with Crippen molar-refractivity contribution >= 4 is 23.3 Å². The molecule has 0 radical (unpaired) electrons. The zero-order chi connectivity index (χ0) is 8.27. The Balaban J connectivity index is 2.28. The molecule has 5 heteroatoms. The third-order valence-corrected chi connectivity index (χ3v) is 1.85. The molecule has 62 valence electrons. The van der Waals surface area contributed by atoms with Crippen LogP contribution in [0, 0.1) is 5.92 Å². The van der Waals surface area contributed by atoms with Crippen molar-refractivity contribution in [3.63, 3.8) is 0 Å². The average molecular weight is 174 g/mol. The van der Waals surface area contributed by atoms with Gasteiger partial charge in [0.25, 0.3) is 0 Å². The quantitative estimate of drug-likeness (QED) is 0.495. The molecule has 1 heterocycles. The monoisotopic (exact) mass is 174 g/mol. The molecule has 0 aromatic heterocycles. The summed E-state index contributed by atoms with van der Waals surface area (Å²) >= 11 is 4.80. The van der Waals surface area contributed by atoms with Gasteiger partial charge in [0.1, 0.15) is 0 Å². The van der Waals surface area contributed by atoms with E-state index < -0.39 is 5.97 Å². The van der Waals surface area contributed by atoms with Crippen LogP contribution < -0.4 is 10.6 Å². The maximum Gasteiger partial charge on any atom is 0.303 e. The van der Waals surface area contributed by atoms with Crippen molar-refractivity contribution in [3.8, 4) is 0 Å². The zero-order valence-electron chi connectivity index (χ0n) is 5.96. The molecule has 0 saturated carbocycles. The fourth-order valence-electron chi connectivity index (χ4n) is 1.00. The van der Waals surface area contributed by atoms with Gasteiger partial charge in [-0.3, -0.25) is 4.79 Å². The van der Waals surface area contributed by atoms with Crippen LogP contribution in [0.15, 0.2) is 0 Å². The molecule has 0 bridgehead atoms.